The second kappa shape index (κ2) is 24.8. The van der Waals surface area contributed by atoms with E-state index < -0.39 is 5.92 Å². The molecule has 0 radical (unpaired) electrons. The molecule has 0 aromatic heterocycles. The molecule has 0 saturated heterocycles. The second-order valence-electron chi connectivity index (χ2n) is 9.84. The topological polar surface area (TPSA) is 43.4 Å². The highest BCUT2D eigenvalue weighted by Gasteiger charge is 2.24. The Kier molecular flexibility index (Phi) is 24.1. The first kappa shape index (κ1) is 31.1. The molecule has 0 rings (SSSR count). The zero-order chi connectivity index (χ0) is 23.7. The van der Waals surface area contributed by atoms with Crippen LogP contribution < -0.4 is 0 Å². The summed E-state index contributed by atoms with van der Waals surface area (Å²) in [7, 11) is 0. The Bertz CT molecular complexity index is 419. The van der Waals surface area contributed by atoms with Gasteiger partial charge in [0.05, 0.1) is 6.61 Å². The van der Waals surface area contributed by atoms with Crippen molar-refractivity contribution in [3.8, 4) is 0 Å². The number of hydrogen-bond acceptors (Lipinski definition) is 3. The Morgan fingerprint density at radius 1 is 0.531 bits per heavy atom. The van der Waals surface area contributed by atoms with Gasteiger partial charge in [-0.3, -0.25) is 9.59 Å². The van der Waals surface area contributed by atoms with Crippen LogP contribution in [0.15, 0.2) is 0 Å². The summed E-state index contributed by atoms with van der Waals surface area (Å²) in [5, 5.41) is 0. The zero-order valence-electron chi connectivity index (χ0n) is 22.1. The van der Waals surface area contributed by atoms with Gasteiger partial charge < -0.3 is 4.74 Å². The number of hydrogen-bond donors (Lipinski definition) is 0. The van der Waals surface area contributed by atoms with Gasteiger partial charge in [-0.15, -0.1) is 0 Å². The number of rotatable bonds is 25. The van der Waals surface area contributed by atoms with Crippen LogP contribution in [0.5, 0.6) is 0 Å². The molecule has 0 saturated carbocycles. The van der Waals surface area contributed by atoms with Crippen molar-refractivity contribution < 1.29 is 14.3 Å². The normalized spacial score (nSPS) is 12.1. The largest absolute Gasteiger partial charge is 0.465 e. The van der Waals surface area contributed by atoms with Gasteiger partial charge in [0.1, 0.15) is 11.7 Å². The summed E-state index contributed by atoms with van der Waals surface area (Å²) in [6.45, 7) is 6.52. The van der Waals surface area contributed by atoms with E-state index in [1.807, 2.05) is 0 Å². The van der Waals surface area contributed by atoms with Crippen molar-refractivity contribution in [3.05, 3.63) is 0 Å². The van der Waals surface area contributed by atoms with Crippen LogP contribution in [0.2, 0.25) is 0 Å². The van der Waals surface area contributed by atoms with E-state index in [0.29, 0.717) is 13.0 Å². The SMILES string of the molecule is CCCCCCCCCCCCCOC(=O)C(CCCCCCCCCCCC)C(C)=O. The number of ketones is 1. The van der Waals surface area contributed by atoms with Gasteiger partial charge >= 0.3 is 5.97 Å². The third kappa shape index (κ3) is 21.0. The Morgan fingerprint density at radius 2 is 0.875 bits per heavy atom. The fourth-order valence-corrected chi connectivity index (χ4v) is 4.36. The van der Waals surface area contributed by atoms with Crippen molar-refractivity contribution in [2.45, 2.75) is 162 Å². The van der Waals surface area contributed by atoms with Crippen LogP contribution in [0, 0.1) is 5.92 Å². The van der Waals surface area contributed by atoms with Gasteiger partial charge in [0.15, 0.2) is 0 Å². The minimum absolute atomic E-state index is 0.0372. The van der Waals surface area contributed by atoms with E-state index in [0.717, 1.165) is 25.7 Å². The van der Waals surface area contributed by atoms with Crippen LogP contribution >= 0.6 is 0 Å². The molecule has 0 amide bonds. The van der Waals surface area contributed by atoms with E-state index in [1.54, 1.807) is 0 Å². The smallest absolute Gasteiger partial charge is 0.316 e. The molecule has 0 N–H and O–H groups in total. The molecule has 0 aromatic rings. The highest BCUT2D eigenvalue weighted by Crippen LogP contribution is 2.17. The summed E-state index contributed by atoms with van der Waals surface area (Å²) < 4.78 is 5.43. The number of esters is 1. The molecule has 32 heavy (non-hydrogen) atoms. The number of ether oxygens (including phenoxy) is 1. The summed E-state index contributed by atoms with van der Waals surface area (Å²) >= 11 is 0. The number of unbranched alkanes of at least 4 members (excludes halogenated alkanes) is 19. The number of carbonyl (C=O) groups excluding carboxylic acids is 2. The molecule has 1 atom stereocenters. The molecule has 0 bridgehead atoms. The van der Waals surface area contributed by atoms with Gasteiger partial charge in [0, 0.05) is 0 Å². The monoisotopic (exact) mass is 452 g/mol. The lowest BCUT2D eigenvalue weighted by Gasteiger charge is -2.13. The Balaban J connectivity index is 3.61. The molecule has 0 aromatic carbocycles. The van der Waals surface area contributed by atoms with Crippen molar-refractivity contribution in [1.82, 2.24) is 0 Å². The van der Waals surface area contributed by atoms with Crippen LogP contribution in [-0.2, 0) is 14.3 Å². The minimum Gasteiger partial charge on any atom is -0.465 e. The predicted molar refractivity (Wildman–Crippen MR) is 138 cm³/mol. The average molecular weight is 453 g/mol. The first-order chi connectivity index (χ1) is 15.6. The van der Waals surface area contributed by atoms with Crippen LogP contribution in [0.4, 0.5) is 0 Å². The standard InChI is InChI=1S/C29H56O3/c1-4-6-8-10-12-14-16-18-20-22-24-26-32-29(31)28(27(3)30)25-23-21-19-17-15-13-11-9-7-5-2/h28H,4-26H2,1-3H3. The van der Waals surface area contributed by atoms with Crippen molar-refractivity contribution >= 4 is 11.8 Å². The molecule has 3 heteroatoms. The summed E-state index contributed by atoms with van der Waals surface area (Å²) in [5.74, 6) is -0.873. The summed E-state index contributed by atoms with van der Waals surface area (Å²) in [6, 6.07) is 0. The lowest BCUT2D eigenvalue weighted by molar-refractivity contribution is -0.152. The minimum atomic E-state index is -0.545. The fraction of sp³-hybridized carbons (Fsp3) is 0.931. The Morgan fingerprint density at radius 3 is 1.25 bits per heavy atom. The summed E-state index contributed by atoms with van der Waals surface area (Å²) in [5.41, 5.74) is 0. The van der Waals surface area contributed by atoms with Gasteiger partial charge in [-0.05, 0) is 19.8 Å². The van der Waals surface area contributed by atoms with Crippen LogP contribution in [0.25, 0.3) is 0 Å². The highest BCUT2D eigenvalue weighted by molar-refractivity contribution is 5.97. The molecule has 0 heterocycles. The van der Waals surface area contributed by atoms with E-state index >= 15 is 0 Å². The second-order valence-corrected chi connectivity index (χ2v) is 9.84. The molecule has 1 unspecified atom stereocenters. The fourth-order valence-electron chi connectivity index (χ4n) is 4.36. The molecule has 0 fully saturated rings. The maximum Gasteiger partial charge on any atom is 0.316 e. The first-order valence-corrected chi connectivity index (χ1v) is 14.3. The molecule has 0 aliphatic heterocycles. The molecule has 0 aliphatic carbocycles. The predicted octanol–water partition coefficient (Wildman–Crippen LogP) is 9.36. The Labute approximate surface area is 200 Å². The van der Waals surface area contributed by atoms with E-state index in [9.17, 15) is 9.59 Å². The van der Waals surface area contributed by atoms with Gasteiger partial charge in [0.2, 0.25) is 0 Å². The van der Waals surface area contributed by atoms with Crippen LogP contribution in [-0.4, -0.2) is 18.4 Å². The van der Waals surface area contributed by atoms with Crippen molar-refractivity contribution in [2.24, 2.45) is 5.92 Å². The number of carbonyl (C=O) groups is 2. The third-order valence-corrected chi connectivity index (χ3v) is 6.61. The van der Waals surface area contributed by atoms with Gasteiger partial charge in [-0.25, -0.2) is 0 Å². The van der Waals surface area contributed by atoms with Crippen molar-refractivity contribution in [2.75, 3.05) is 6.61 Å². The zero-order valence-corrected chi connectivity index (χ0v) is 22.1. The lowest BCUT2D eigenvalue weighted by atomic mass is 9.97. The van der Waals surface area contributed by atoms with Crippen molar-refractivity contribution in [3.63, 3.8) is 0 Å². The van der Waals surface area contributed by atoms with Gasteiger partial charge in [-0.2, -0.15) is 0 Å². The Hall–Kier alpha value is -0.860. The van der Waals surface area contributed by atoms with E-state index in [2.05, 4.69) is 13.8 Å². The van der Waals surface area contributed by atoms with Gasteiger partial charge in [-0.1, -0.05) is 142 Å². The van der Waals surface area contributed by atoms with Crippen LogP contribution in [0.1, 0.15) is 162 Å². The molecule has 0 aliphatic rings. The highest BCUT2D eigenvalue weighted by atomic mass is 16.5. The quantitative estimate of drug-likeness (QED) is 0.0787. The first-order valence-electron chi connectivity index (χ1n) is 14.3. The summed E-state index contributed by atoms with van der Waals surface area (Å²) in [6.07, 6.45) is 27.4. The molecular weight excluding hydrogens is 396 g/mol. The average Bonchev–Trinajstić information content (AvgIpc) is 2.77. The van der Waals surface area contributed by atoms with Crippen molar-refractivity contribution in [1.29, 1.82) is 0 Å². The molecule has 0 spiro atoms. The third-order valence-electron chi connectivity index (χ3n) is 6.61. The van der Waals surface area contributed by atoms with Gasteiger partial charge in [0.25, 0.3) is 0 Å². The number of Topliss-reactive ketones (excluding diaryl/α,β-unsaturated/α-hetero) is 1. The summed E-state index contributed by atoms with van der Waals surface area (Å²) in [4.78, 5) is 24.2. The van der Waals surface area contributed by atoms with E-state index in [-0.39, 0.29) is 11.8 Å². The molecular formula is C29H56O3. The van der Waals surface area contributed by atoms with E-state index in [1.165, 1.54) is 116 Å². The maximum atomic E-state index is 12.3. The molecule has 3 nitrogen and oxygen atoms in total. The lowest BCUT2D eigenvalue weighted by Crippen LogP contribution is -2.24. The van der Waals surface area contributed by atoms with E-state index in [4.69, 9.17) is 4.74 Å². The van der Waals surface area contributed by atoms with Crippen LogP contribution in [0.3, 0.4) is 0 Å². The maximum absolute atomic E-state index is 12.3. The molecule has 190 valence electrons.